The molecule has 2 aliphatic heterocycles. The number of alkyl halides is 3. The van der Waals surface area contributed by atoms with Crippen molar-refractivity contribution in [3.63, 3.8) is 0 Å². The minimum atomic E-state index is -4.31. The van der Waals surface area contributed by atoms with Crippen LogP contribution in [0.2, 0.25) is 0 Å². The maximum Gasteiger partial charge on any atom is 0.416 e. The molecule has 116 valence electrons. The van der Waals surface area contributed by atoms with Crippen molar-refractivity contribution in [2.24, 2.45) is 15.0 Å². The van der Waals surface area contributed by atoms with Crippen molar-refractivity contribution in [3.8, 4) is 0 Å². The fourth-order valence-corrected chi connectivity index (χ4v) is 2.35. The average molecular weight is 309 g/mol. The molecule has 2 aliphatic rings. The maximum absolute atomic E-state index is 12.7. The van der Waals surface area contributed by atoms with Crippen LogP contribution >= 0.6 is 0 Å². The molecule has 0 saturated heterocycles. The number of halogens is 3. The first-order valence-electron chi connectivity index (χ1n) is 6.81. The monoisotopic (exact) mass is 309 g/mol. The fraction of sp³-hybridized carbons (Fsp3) is 0.357. The van der Waals surface area contributed by atoms with Gasteiger partial charge in [-0.05, 0) is 18.1 Å². The fourth-order valence-electron chi connectivity index (χ4n) is 2.35. The highest BCUT2D eigenvalue weighted by Gasteiger charge is 2.31. The second kappa shape index (κ2) is 5.78. The number of nitrogens with zero attached hydrogens (tertiary/aromatic N) is 3. The van der Waals surface area contributed by atoms with Gasteiger partial charge in [-0.3, -0.25) is 4.99 Å². The van der Waals surface area contributed by atoms with Crippen molar-refractivity contribution in [3.05, 3.63) is 35.4 Å². The number of fused-ring (bicyclic) bond motifs is 1. The molecule has 22 heavy (non-hydrogen) atoms. The number of aliphatic imine (C=N–C) groups is 3. The molecule has 0 spiro atoms. The maximum atomic E-state index is 12.7. The third-order valence-electron chi connectivity index (χ3n) is 3.46. The molecule has 1 aromatic carbocycles. The molecule has 0 bridgehead atoms. The van der Waals surface area contributed by atoms with Crippen LogP contribution in [0.3, 0.4) is 0 Å². The minimum Gasteiger partial charge on any atom is -0.371 e. The van der Waals surface area contributed by atoms with E-state index in [1.165, 1.54) is 18.5 Å². The first-order chi connectivity index (χ1) is 10.5. The van der Waals surface area contributed by atoms with Crippen LogP contribution in [-0.2, 0) is 12.6 Å². The first kappa shape index (κ1) is 14.6. The highest BCUT2D eigenvalue weighted by atomic mass is 19.4. The Hall–Kier alpha value is -2.38. The molecule has 5 nitrogen and oxygen atoms in total. The predicted octanol–water partition coefficient (Wildman–Crippen LogP) is 1.60. The number of benzene rings is 1. The molecular weight excluding hydrogens is 295 g/mol. The summed E-state index contributed by atoms with van der Waals surface area (Å²) in [7, 11) is 0. The van der Waals surface area contributed by atoms with E-state index in [0.717, 1.165) is 6.07 Å². The number of hydrogen-bond acceptors (Lipinski definition) is 5. The van der Waals surface area contributed by atoms with Crippen molar-refractivity contribution >= 4 is 18.5 Å². The molecule has 2 atom stereocenters. The third kappa shape index (κ3) is 3.10. The lowest BCUT2D eigenvalue weighted by Gasteiger charge is -2.20. The third-order valence-corrected chi connectivity index (χ3v) is 3.46. The summed E-state index contributed by atoms with van der Waals surface area (Å²) in [6.07, 6.45) is -0.954. The van der Waals surface area contributed by atoms with E-state index < -0.39 is 11.7 Å². The van der Waals surface area contributed by atoms with Gasteiger partial charge in [0.1, 0.15) is 18.2 Å². The van der Waals surface area contributed by atoms with E-state index in [4.69, 9.17) is 0 Å². The summed E-state index contributed by atoms with van der Waals surface area (Å²) >= 11 is 0. The Balaban J connectivity index is 1.58. The Morgan fingerprint density at radius 1 is 1.23 bits per heavy atom. The summed E-state index contributed by atoms with van der Waals surface area (Å²) in [6, 6.07) is 5.15. The normalized spacial score (nSPS) is 23.0. The Morgan fingerprint density at radius 3 is 2.91 bits per heavy atom. The average Bonchev–Trinajstić information content (AvgIpc) is 2.96. The van der Waals surface area contributed by atoms with Crippen LogP contribution in [0.25, 0.3) is 0 Å². The van der Waals surface area contributed by atoms with E-state index in [0.29, 0.717) is 24.4 Å². The number of hydrogen-bond donors (Lipinski definition) is 2. The van der Waals surface area contributed by atoms with E-state index in [-0.39, 0.29) is 12.2 Å². The van der Waals surface area contributed by atoms with Crippen LogP contribution in [0.15, 0.2) is 39.2 Å². The molecule has 0 saturated carbocycles. The Kier molecular flexibility index (Phi) is 3.82. The van der Waals surface area contributed by atoms with E-state index in [9.17, 15) is 13.2 Å². The van der Waals surface area contributed by atoms with Gasteiger partial charge >= 0.3 is 6.18 Å². The molecule has 0 aromatic heterocycles. The molecule has 1 aromatic rings. The van der Waals surface area contributed by atoms with E-state index in [2.05, 4.69) is 25.6 Å². The molecular formula is C14H14F3N5. The molecule has 0 aliphatic carbocycles. The number of nitrogens with one attached hydrogen (secondary N) is 2. The Bertz CT molecular complexity index is 636. The summed E-state index contributed by atoms with van der Waals surface area (Å²) in [5, 5.41) is 6.11. The molecule has 2 unspecified atom stereocenters. The predicted molar refractivity (Wildman–Crippen MR) is 78.3 cm³/mol. The van der Waals surface area contributed by atoms with Gasteiger partial charge in [-0.2, -0.15) is 13.2 Å². The van der Waals surface area contributed by atoms with Crippen LogP contribution in [0.4, 0.5) is 13.2 Å². The summed E-state index contributed by atoms with van der Waals surface area (Å²) in [4.78, 5) is 12.5. The molecule has 0 amide bonds. The van der Waals surface area contributed by atoms with E-state index in [1.807, 2.05) is 0 Å². The topological polar surface area (TPSA) is 61.1 Å². The molecule has 0 fully saturated rings. The van der Waals surface area contributed by atoms with Gasteiger partial charge in [0.25, 0.3) is 0 Å². The SMILES string of the molecule is FC(F)(F)c1cccc(CCNC2=NC=NC3NC=NC23)c1. The molecule has 3 rings (SSSR count). The summed E-state index contributed by atoms with van der Waals surface area (Å²) in [5.74, 6) is 0.674. The van der Waals surface area contributed by atoms with Gasteiger partial charge in [0.15, 0.2) is 6.17 Å². The minimum absolute atomic E-state index is 0.145. The summed E-state index contributed by atoms with van der Waals surface area (Å²) in [6.45, 7) is 0.479. The smallest absolute Gasteiger partial charge is 0.371 e. The summed E-state index contributed by atoms with van der Waals surface area (Å²) in [5.41, 5.74) is -0.00574. The van der Waals surface area contributed by atoms with Crippen molar-refractivity contribution in [1.82, 2.24) is 10.6 Å². The first-order valence-corrected chi connectivity index (χ1v) is 6.81. The standard InChI is InChI=1S/C14H14F3N5/c15-14(16,17)10-3-1-2-9(6-10)4-5-18-12-11-13(20-7-19-11)22-8-21-12/h1-3,6-8,11,13H,4-5H2,(H,19,20)(H,18,21,22). The second-order valence-electron chi connectivity index (χ2n) is 4.99. The Labute approximate surface area is 125 Å². The van der Waals surface area contributed by atoms with E-state index in [1.54, 1.807) is 12.4 Å². The zero-order valence-corrected chi connectivity index (χ0v) is 11.5. The largest absolute Gasteiger partial charge is 0.416 e. The van der Waals surface area contributed by atoms with Crippen molar-refractivity contribution in [2.75, 3.05) is 6.54 Å². The van der Waals surface area contributed by atoms with Gasteiger partial charge in [0, 0.05) is 6.54 Å². The summed E-state index contributed by atoms with van der Waals surface area (Å²) < 4.78 is 38.0. The number of amidine groups is 1. The van der Waals surface area contributed by atoms with Crippen molar-refractivity contribution in [1.29, 1.82) is 0 Å². The van der Waals surface area contributed by atoms with Crippen LogP contribution in [-0.4, -0.2) is 37.3 Å². The highest BCUT2D eigenvalue weighted by molar-refractivity contribution is 5.97. The lowest BCUT2D eigenvalue weighted by molar-refractivity contribution is -0.137. The van der Waals surface area contributed by atoms with Crippen LogP contribution in [0.1, 0.15) is 11.1 Å². The van der Waals surface area contributed by atoms with Gasteiger partial charge in [-0.1, -0.05) is 18.2 Å². The van der Waals surface area contributed by atoms with Crippen LogP contribution < -0.4 is 10.6 Å². The van der Waals surface area contributed by atoms with Gasteiger partial charge in [0.2, 0.25) is 0 Å². The molecule has 2 heterocycles. The lowest BCUT2D eigenvalue weighted by Crippen LogP contribution is -2.44. The van der Waals surface area contributed by atoms with Crippen LogP contribution in [0, 0.1) is 0 Å². The molecule has 0 radical (unpaired) electrons. The van der Waals surface area contributed by atoms with Crippen molar-refractivity contribution < 1.29 is 13.2 Å². The van der Waals surface area contributed by atoms with Gasteiger partial charge in [0.05, 0.1) is 11.9 Å². The highest BCUT2D eigenvalue weighted by Crippen LogP contribution is 2.29. The van der Waals surface area contributed by atoms with Gasteiger partial charge < -0.3 is 10.6 Å². The molecule has 8 heteroatoms. The Morgan fingerprint density at radius 2 is 2.09 bits per heavy atom. The zero-order valence-electron chi connectivity index (χ0n) is 11.5. The zero-order chi connectivity index (χ0) is 15.6. The van der Waals surface area contributed by atoms with Gasteiger partial charge in [-0.15, -0.1) is 0 Å². The quantitative estimate of drug-likeness (QED) is 0.891. The van der Waals surface area contributed by atoms with Crippen molar-refractivity contribution in [2.45, 2.75) is 24.8 Å². The lowest BCUT2D eigenvalue weighted by atomic mass is 10.1. The van der Waals surface area contributed by atoms with Crippen LogP contribution in [0.5, 0.6) is 0 Å². The second-order valence-corrected chi connectivity index (χ2v) is 4.99. The number of rotatable bonds is 3. The molecule has 2 N–H and O–H groups in total. The van der Waals surface area contributed by atoms with Gasteiger partial charge in [-0.25, -0.2) is 9.98 Å². The van der Waals surface area contributed by atoms with E-state index >= 15 is 0 Å².